The van der Waals surface area contributed by atoms with Crippen molar-refractivity contribution < 1.29 is 9.59 Å². The lowest BCUT2D eigenvalue weighted by atomic mass is 9.85. The highest BCUT2D eigenvalue weighted by molar-refractivity contribution is 14.0. The van der Waals surface area contributed by atoms with E-state index in [0.717, 1.165) is 38.4 Å². The van der Waals surface area contributed by atoms with Gasteiger partial charge in [0, 0.05) is 32.7 Å². The predicted molar refractivity (Wildman–Crippen MR) is 133 cm³/mol. The number of nitrogens with zero attached hydrogens (tertiary/aromatic N) is 3. The molecule has 2 aliphatic heterocycles. The van der Waals surface area contributed by atoms with Crippen molar-refractivity contribution in [2.24, 2.45) is 34.6 Å². The predicted octanol–water partition coefficient (Wildman–Crippen LogP) is 2.09. The zero-order valence-corrected chi connectivity index (χ0v) is 21.2. The zero-order chi connectivity index (χ0) is 21.1. The second-order valence-electron chi connectivity index (χ2n) is 9.28. The first-order valence-electron chi connectivity index (χ1n) is 11.9. The first kappa shape index (κ1) is 24.5. The summed E-state index contributed by atoms with van der Waals surface area (Å²) in [5, 5.41) is 6.69. The van der Waals surface area contributed by atoms with Crippen LogP contribution in [0, 0.1) is 29.6 Å². The van der Waals surface area contributed by atoms with Crippen LogP contribution in [-0.4, -0.2) is 73.4 Å². The monoisotopic (exact) mass is 543 g/mol. The Labute approximate surface area is 203 Å². The molecule has 2 amide bonds. The van der Waals surface area contributed by atoms with Crippen LogP contribution in [0.1, 0.15) is 39.5 Å². The molecule has 2 N–H and O–H groups in total. The molecule has 7 nitrogen and oxygen atoms in total. The summed E-state index contributed by atoms with van der Waals surface area (Å²) < 4.78 is 0. The maximum absolute atomic E-state index is 12.8. The van der Waals surface area contributed by atoms with Crippen molar-refractivity contribution in [3.05, 3.63) is 12.2 Å². The molecule has 0 radical (unpaired) electrons. The number of guanidine groups is 1. The van der Waals surface area contributed by atoms with Crippen LogP contribution in [0.15, 0.2) is 17.1 Å². The molecular weight excluding hydrogens is 505 g/mol. The van der Waals surface area contributed by atoms with Crippen molar-refractivity contribution in [2.75, 3.05) is 45.8 Å². The minimum atomic E-state index is -0.0852. The number of carbonyl (C=O) groups excluding carboxylic acids is 2. The normalized spacial score (nSPS) is 32.0. The molecule has 2 aliphatic carbocycles. The summed E-state index contributed by atoms with van der Waals surface area (Å²) in [6, 6.07) is 0. The van der Waals surface area contributed by atoms with Crippen molar-refractivity contribution in [2.45, 2.75) is 39.5 Å². The van der Waals surface area contributed by atoms with Gasteiger partial charge in [0.15, 0.2) is 5.96 Å². The molecule has 5 unspecified atom stereocenters. The Bertz CT molecular complexity index is 682. The molecule has 4 rings (SSSR count). The van der Waals surface area contributed by atoms with E-state index >= 15 is 0 Å². The minimum absolute atomic E-state index is 0. The number of carbonyl (C=O) groups is 2. The maximum Gasteiger partial charge on any atom is 0.233 e. The number of aliphatic imine (C=N–C) groups is 1. The molecule has 3 fully saturated rings. The van der Waals surface area contributed by atoms with Gasteiger partial charge >= 0.3 is 0 Å². The van der Waals surface area contributed by atoms with Crippen molar-refractivity contribution in [1.82, 2.24) is 20.4 Å². The lowest BCUT2D eigenvalue weighted by molar-refractivity contribution is -0.140. The van der Waals surface area contributed by atoms with E-state index in [-0.39, 0.29) is 59.5 Å². The number of amides is 2. The van der Waals surface area contributed by atoms with Gasteiger partial charge in [0.1, 0.15) is 0 Å². The van der Waals surface area contributed by atoms with Crippen molar-refractivity contribution >= 4 is 41.8 Å². The number of fused-ring (bicyclic) bond motifs is 5. The molecule has 2 saturated heterocycles. The van der Waals surface area contributed by atoms with E-state index in [1.807, 2.05) is 0 Å². The number of halogens is 1. The lowest BCUT2D eigenvalue weighted by Crippen LogP contribution is -2.40. The molecular formula is C23H38IN5O2. The van der Waals surface area contributed by atoms with Gasteiger partial charge in [0.05, 0.1) is 11.8 Å². The summed E-state index contributed by atoms with van der Waals surface area (Å²) >= 11 is 0. The Balaban J connectivity index is 0.00000272. The van der Waals surface area contributed by atoms with Gasteiger partial charge in [-0.3, -0.25) is 19.5 Å². The molecule has 0 aromatic carbocycles. The van der Waals surface area contributed by atoms with E-state index in [2.05, 4.69) is 41.5 Å². The van der Waals surface area contributed by atoms with Gasteiger partial charge in [-0.25, -0.2) is 0 Å². The number of nitrogens with one attached hydrogen (secondary N) is 2. The largest absolute Gasteiger partial charge is 0.357 e. The summed E-state index contributed by atoms with van der Waals surface area (Å²) in [4.78, 5) is 34.3. The number of imide groups is 1. The van der Waals surface area contributed by atoms with Crippen LogP contribution < -0.4 is 10.6 Å². The van der Waals surface area contributed by atoms with Gasteiger partial charge in [0.25, 0.3) is 0 Å². The number of likely N-dealkylation sites (tertiary alicyclic amines) is 2. The first-order valence-corrected chi connectivity index (χ1v) is 11.9. The number of hydrogen-bond acceptors (Lipinski definition) is 4. The summed E-state index contributed by atoms with van der Waals surface area (Å²) in [6.45, 7) is 10.7. The fourth-order valence-corrected chi connectivity index (χ4v) is 5.77. The third kappa shape index (κ3) is 5.26. The van der Waals surface area contributed by atoms with E-state index in [4.69, 9.17) is 4.99 Å². The van der Waals surface area contributed by atoms with Crippen LogP contribution >= 0.6 is 24.0 Å². The molecule has 1 saturated carbocycles. The summed E-state index contributed by atoms with van der Waals surface area (Å²) in [5.74, 6) is 1.99. The summed E-state index contributed by atoms with van der Waals surface area (Å²) in [7, 11) is 0. The molecule has 8 heteroatoms. The standard InChI is InChI=1S/C23H37N5O2.HI/c1-3-10-27-12-8-16(15-27)14-26-23(24-4-2)25-9-5-11-28-21(29)19-17-6-7-18(13-17)20(19)22(28)30;/h6-7,16-20H,3-5,8-15H2,1-2H3,(H2,24,25,26);1H. The molecule has 2 heterocycles. The van der Waals surface area contributed by atoms with Gasteiger partial charge in [-0.2, -0.15) is 0 Å². The lowest BCUT2D eigenvalue weighted by Gasteiger charge is -2.18. The van der Waals surface area contributed by atoms with Gasteiger partial charge in [0.2, 0.25) is 11.8 Å². The quantitative estimate of drug-likeness (QED) is 0.116. The fourth-order valence-electron chi connectivity index (χ4n) is 5.77. The van der Waals surface area contributed by atoms with Gasteiger partial charge in [-0.05, 0) is 63.5 Å². The summed E-state index contributed by atoms with van der Waals surface area (Å²) in [5.41, 5.74) is 0. The zero-order valence-electron chi connectivity index (χ0n) is 18.9. The van der Waals surface area contributed by atoms with Crippen LogP contribution in [0.2, 0.25) is 0 Å². The van der Waals surface area contributed by atoms with Gasteiger partial charge in [-0.15, -0.1) is 24.0 Å². The molecule has 4 aliphatic rings. The highest BCUT2D eigenvalue weighted by Crippen LogP contribution is 2.52. The first-order chi connectivity index (χ1) is 14.6. The average molecular weight is 543 g/mol. The molecule has 31 heavy (non-hydrogen) atoms. The van der Waals surface area contributed by atoms with Crippen LogP contribution in [-0.2, 0) is 9.59 Å². The van der Waals surface area contributed by atoms with Gasteiger partial charge < -0.3 is 15.5 Å². The average Bonchev–Trinajstić information content (AvgIpc) is 3.50. The Kier molecular flexibility index (Phi) is 8.78. The van der Waals surface area contributed by atoms with E-state index < -0.39 is 0 Å². The Morgan fingerprint density at radius 1 is 1.10 bits per heavy atom. The van der Waals surface area contributed by atoms with Crippen molar-refractivity contribution in [1.29, 1.82) is 0 Å². The SMILES string of the molecule is CCCN1CCC(CN=C(NCC)NCCCN2C(=O)C3C4C=CC(C4)C3C2=O)C1.I. The molecule has 174 valence electrons. The van der Waals surface area contributed by atoms with E-state index in [1.165, 1.54) is 30.8 Å². The third-order valence-electron chi connectivity index (χ3n) is 7.17. The highest BCUT2D eigenvalue weighted by atomic mass is 127. The van der Waals surface area contributed by atoms with Gasteiger partial charge in [-0.1, -0.05) is 19.1 Å². The van der Waals surface area contributed by atoms with Crippen molar-refractivity contribution in [3.8, 4) is 0 Å². The minimum Gasteiger partial charge on any atom is -0.357 e. The number of rotatable bonds is 9. The molecule has 2 bridgehead atoms. The molecule has 0 spiro atoms. The highest BCUT2D eigenvalue weighted by Gasteiger charge is 2.58. The van der Waals surface area contributed by atoms with Crippen LogP contribution in [0.5, 0.6) is 0 Å². The van der Waals surface area contributed by atoms with E-state index in [1.54, 1.807) is 0 Å². The Hall–Kier alpha value is -1.16. The molecule has 0 aromatic rings. The second-order valence-corrected chi connectivity index (χ2v) is 9.28. The fraction of sp³-hybridized carbons (Fsp3) is 0.783. The Morgan fingerprint density at radius 3 is 2.45 bits per heavy atom. The maximum atomic E-state index is 12.8. The number of hydrogen-bond donors (Lipinski definition) is 2. The summed E-state index contributed by atoms with van der Waals surface area (Å²) in [6.07, 6.45) is 8.46. The molecule has 5 atom stereocenters. The van der Waals surface area contributed by atoms with Crippen LogP contribution in [0.25, 0.3) is 0 Å². The van der Waals surface area contributed by atoms with Crippen molar-refractivity contribution in [3.63, 3.8) is 0 Å². The Morgan fingerprint density at radius 2 is 1.81 bits per heavy atom. The van der Waals surface area contributed by atoms with Crippen LogP contribution in [0.4, 0.5) is 0 Å². The van der Waals surface area contributed by atoms with Crippen LogP contribution in [0.3, 0.4) is 0 Å². The molecule has 0 aromatic heterocycles. The number of allylic oxidation sites excluding steroid dienone is 2. The van der Waals surface area contributed by atoms with E-state index in [9.17, 15) is 9.59 Å². The smallest absolute Gasteiger partial charge is 0.233 e. The topological polar surface area (TPSA) is 77.0 Å². The second kappa shape index (κ2) is 11.1. The van der Waals surface area contributed by atoms with E-state index in [0.29, 0.717) is 19.0 Å². The third-order valence-corrected chi connectivity index (χ3v) is 7.17.